The normalized spacial score (nSPS) is 18.0. The first-order chi connectivity index (χ1) is 10.2. The lowest BCUT2D eigenvalue weighted by atomic mass is 10.1. The quantitative estimate of drug-likeness (QED) is 0.932. The number of hydrogen-bond donors (Lipinski definition) is 1. The van der Waals surface area contributed by atoms with Gasteiger partial charge in [0.25, 0.3) is 0 Å². The van der Waals surface area contributed by atoms with E-state index in [9.17, 15) is 0 Å². The lowest BCUT2D eigenvalue weighted by Gasteiger charge is -2.32. The number of hydrogen-bond acceptors (Lipinski definition) is 4. The zero-order valence-corrected chi connectivity index (χ0v) is 12.8. The number of imidazole rings is 1. The molecule has 21 heavy (non-hydrogen) atoms. The Hall–Kier alpha value is -1.59. The van der Waals surface area contributed by atoms with Crippen molar-refractivity contribution in [1.29, 1.82) is 0 Å². The van der Waals surface area contributed by atoms with Crippen LogP contribution in [0.4, 0.5) is 5.82 Å². The van der Waals surface area contributed by atoms with E-state index in [2.05, 4.69) is 22.5 Å². The zero-order valence-electron chi connectivity index (χ0n) is 12.8. The summed E-state index contributed by atoms with van der Waals surface area (Å²) in [6.07, 6.45) is 5.01. The van der Waals surface area contributed by atoms with Crippen molar-refractivity contribution in [3.05, 3.63) is 30.1 Å². The number of anilines is 1. The molecule has 114 valence electrons. The van der Waals surface area contributed by atoms with Gasteiger partial charge >= 0.3 is 0 Å². The molecule has 1 aliphatic heterocycles. The molecule has 3 heterocycles. The standard InChI is InChI=1S/C16H24N4O/c1-12(17)11-14-16(18-15-5-3-4-8-20(14)15)19(2)13-6-9-21-10-7-13/h3-5,8,12-13H,6-7,9-11,17H2,1-2H3. The fourth-order valence-electron chi connectivity index (χ4n) is 3.06. The van der Waals surface area contributed by atoms with E-state index in [-0.39, 0.29) is 6.04 Å². The number of rotatable bonds is 4. The Bertz CT molecular complexity index is 601. The van der Waals surface area contributed by atoms with Gasteiger partial charge in [0.15, 0.2) is 5.82 Å². The summed E-state index contributed by atoms with van der Waals surface area (Å²) in [6.45, 7) is 3.72. The van der Waals surface area contributed by atoms with Crippen molar-refractivity contribution in [2.45, 2.75) is 38.3 Å². The molecule has 3 rings (SSSR count). The van der Waals surface area contributed by atoms with Crippen molar-refractivity contribution in [3.8, 4) is 0 Å². The van der Waals surface area contributed by atoms with Gasteiger partial charge in [-0.15, -0.1) is 0 Å². The molecule has 5 heteroatoms. The Kier molecular flexibility index (Phi) is 4.12. The van der Waals surface area contributed by atoms with Crippen molar-refractivity contribution in [3.63, 3.8) is 0 Å². The lowest BCUT2D eigenvalue weighted by molar-refractivity contribution is 0.0853. The molecule has 1 unspecified atom stereocenters. The van der Waals surface area contributed by atoms with E-state index in [1.165, 1.54) is 5.69 Å². The Morgan fingerprint density at radius 2 is 2.19 bits per heavy atom. The highest BCUT2D eigenvalue weighted by Crippen LogP contribution is 2.26. The third-order valence-corrected chi connectivity index (χ3v) is 4.20. The largest absolute Gasteiger partial charge is 0.381 e. The van der Waals surface area contributed by atoms with E-state index in [1.54, 1.807) is 0 Å². The monoisotopic (exact) mass is 288 g/mol. The number of nitrogens with two attached hydrogens (primary N) is 1. The van der Waals surface area contributed by atoms with Gasteiger partial charge in [0.05, 0.1) is 5.69 Å². The van der Waals surface area contributed by atoms with E-state index in [0.29, 0.717) is 6.04 Å². The number of fused-ring (bicyclic) bond motifs is 1. The summed E-state index contributed by atoms with van der Waals surface area (Å²) >= 11 is 0. The molecule has 0 bridgehead atoms. The molecule has 0 spiro atoms. The van der Waals surface area contributed by atoms with Crippen LogP contribution in [0.5, 0.6) is 0 Å². The SMILES string of the molecule is CC(N)Cc1c(N(C)C2CCOCC2)nc2ccccn12. The van der Waals surface area contributed by atoms with Crippen molar-refractivity contribution in [2.75, 3.05) is 25.2 Å². The third kappa shape index (κ3) is 2.89. The van der Waals surface area contributed by atoms with Crippen LogP contribution in [-0.2, 0) is 11.2 Å². The van der Waals surface area contributed by atoms with Crippen molar-refractivity contribution in [1.82, 2.24) is 9.38 Å². The van der Waals surface area contributed by atoms with E-state index in [4.69, 9.17) is 15.5 Å². The van der Waals surface area contributed by atoms with Crippen molar-refractivity contribution < 1.29 is 4.74 Å². The zero-order chi connectivity index (χ0) is 14.8. The van der Waals surface area contributed by atoms with E-state index < -0.39 is 0 Å². The summed E-state index contributed by atoms with van der Waals surface area (Å²) in [6, 6.07) is 6.72. The van der Waals surface area contributed by atoms with Gasteiger partial charge in [0.1, 0.15) is 5.65 Å². The number of aromatic nitrogens is 2. The van der Waals surface area contributed by atoms with Gasteiger partial charge in [0.2, 0.25) is 0 Å². The van der Waals surface area contributed by atoms with Crippen LogP contribution in [0, 0.1) is 0 Å². The van der Waals surface area contributed by atoms with Crippen LogP contribution in [0.1, 0.15) is 25.5 Å². The molecule has 0 saturated carbocycles. The lowest BCUT2D eigenvalue weighted by Crippen LogP contribution is -2.37. The topological polar surface area (TPSA) is 55.8 Å². The van der Waals surface area contributed by atoms with Crippen LogP contribution in [0.3, 0.4) is 0 Å². The number of pyridine rings is 1. The fourth-order valence-corrected chi connectivity index (χ4v) is 3.06. The fraction of sp³-hybridized carbons (Fsp3) is 0.562. The molecule has 0 aromatic carbocycles. The molecule has 2 N–H and O–H groups in total. The first kappa shape index (κ1) is 14.4. The molecule has 0 amide bonds. The molecule has 5 nitrogen and oxygen atoms in total. The van der Waals surface area contributed by atoms with Crippen LogP contribution in [0.2, 0.25) is 0 Å². The summed E-state index contributed by atoms with van der Waals surface area (Å²) in [5.74, 6) is 1.06. The predicted octanol–water partition coefficient (Wildman–Crippen LogP) is 1.84. The van der Waals surface area contributed by atoms with Crippen molar-refractivity contribution in [2.24, 2.45) is 5.73 Å². The smallest absolute Gasteiger partial charge is 0.151 e. The van der Waals surface area contributed by atoms with Gasteiger partial charge in [-0.2, -0.15) is 0 Å². The molecular weight excluding hydrogens is 264 g/mol. The average Bonchev–Trinajstić information content (AvgIpc) is 2.86. The summed E-state index contributed by atoms with van der Waals surface area (Å²) in [5, 5.41) is 0. The van der Waals surface area contributed by atoms with Crippen molar-refractivity contribution >= 4 is 11.5 Å². The maximum absolute atomic E-state index is 6.04. The molecule has 0 radical (unpaired) electrons. The predicted molar refractivity (Wildman–Crippen MR) is 84.8 cm³/mol. The van der Waals surface area contributed by atoms with Gasteiger partial charge in [-0.3, -0.25) is 0 Å². The molecule has 1 fully saturated rings. The molecule has 1 atom stereocenters. The Labute approximate surface area is 125 Å². The minimum Gasteiger partial charge on any atom is -0.381 e. The molecule has 1 saturated heterocycles. The van der Waals surface area contributed by atoms with Crippen LogP contribution >= 0.6 is 0 Å². The van der Waals surface area contributed by atoms with Gasteiger partial charge in [-0.05, 0) is 31.9 Å². The van der Waals surface area contributed by atoms with Crippen LogP contribution in [-0.4, -0.2) is 41.7 Å². The van der Waals surface area contributed by atoms with Gasteiger partial charge in [0, 0.05) is 45.0 Å². The van der Waals surface area contributed by atoms with Crippen LogP contribution in [0.15, 0.2) is 24.4 Å². The molecule has 2 aromatic heterocycles. The van der Waals surface area contributed by atoms with Crippen LogP contribution in [0.25, 0.3) is 5.65 Å². The van der Waals surface area contributed by atoms with E-state index in [1.807, 2.05) is 25.1 Å². The first-order valence-electron chi connectivity index (χ1n) is 7.69. The molecule has 2 aromatic rings. The highest BCUT2D eigenvalue weighted by Gasteiger charge is 2.24. The van der Waals surface area contributed by atoms with E-state index >= 15 is 0 Å². The van der Waals surface area contributed by atoms with Crippen LogP contribution < -0.4 is 10.6 Å². The van der Waals surface area contributed by atoms with E-state index in [0.717, 1.165) is 43.9 Å². The van der Waals surface area contributed by atoms with Gasteiger partial charge < -0.3 is 19.8 Å². The maximum Gasteiger partial charge on any atom is 0.151 e. The second kappa shape index (κ2) is 6.03. The summed E-state index contributed by atoms with van der Waals surface area (Å²) in [5.41, 5.74) is 8.23. The highest BCUT2D eigenvalue weighted by atomic mass is 16.5. The summed E-state index contributed by atoms with van der Waals surface area (Å²) < 4.78 is 7.63. The first-order valence-corrected chi connectivity index (χ1v) is 7.69. The molecular formula is C16H24N4O. The Morgan fingerprint density at radius 1 is 1.43 bits per heavy atom. The minimum absolute atomic E-state index is 0.118. The van der Waals surface area contributed by atoms with Gasteiger partial charge in [-0.1, -0.05) is 6.07 Å². The van der Waals surface area contributed by atoms with Gasteiger partial charge in [-0.25, -0.2) is 4.98 Å². The molecule has 0 aliphatic carbocycles. The highest BCUT2D eigenvalue weighted by molar-refractivity contribution is 5.56. The summed E-state index contributed by atoms with van der Waals surface area (Å²) in [4.78, 5) is 7.15. The summed E-state index contributed by atoms with van der Waals surface area (Å²) in [7, 11) is 2.14. The number of ether oxygens (including phenoxy) is 1. The third-order valence-electron chi connectivity index (χ3n) is 4.20. The Balaban J connectivity index is 1.99. The second-order valence-electron chi connectivity index (χ2n) is 5.95. The Morgan fingerprint density at radius 3 is 2.90 bits per heavy atom. The number of nitrogens with zero attached hydrogens (tertiary/aromatic N) is 3. The average molecular weight is 288 g/mol. The second-order valence-corrected chi connectivity index (χ2v) is 5.95. The minimum atomic E-state index is 0.118. The maximum atomic E-state index is 6.04. The molecule has 1 aliphatic rings.